The number of rotatable bonds is 6. The molecule has 0 aromatic rings. The van der Waals surface area contributed by atoms with Gasteiger partial charge in [0.25, 0.3) is 0 Å². The van der Waals surface area contributed by atoms with Crippen LogP contribution in [0.3, 0.4) is 0 Å². The highest BCUT2D eigenvalue weighted by Crippen LogP contribution is 1.96. The molecule has 0 heterocycles. The van der Waals surface area contributed by atoms with E-state index in [4.69, 9.17) is 9.47 Å². The summed E-state index contributed by atoms with van der Waals surface area (Å²) in [6, 6.07) is 0. The van der Waals surface area contributed by atoms with E-state index in [0.29, 0.717) is 0 Å². The van der Waals surface area contributed by atoms with Gasteiger partial charge < -0.3 is 31.6 Å². The second kappa shape index (κ2) is 8.61. The summed E-state index contributed by atoms with van der Waals surface area (Å²) >= 11 is 0. The summed E-state index contributed by atoms with van der Waals surface area (Å²) in [4.78, 5) is 0. The van der Waals surface area contributed by atoms with Crippen molar-refractivity contribution in [1.82, 2.24) is 0 Å². The van der Waals surface area contributed by atoms with Crippen LogP contribution < -0.4 is 22.3 Å². The fourth-order valence-corrected chi connectivity index (χ4v) is 0.977. The van der Waals surface area contributed by atoms with Crippen molar-refractivity contribution in [3.05, 3.63) is 0 Å². The molecule has 0 amide bonds. The van der Waals surface area contributed by atoms with Crippen LogP contribution >= 0.6 is 0 Å². The lowest BCUT2D eigenvalue weighted by Crippen LogP contribution is -3.00. The van der Waals surface area contributed by atoms with Crippen LogP contribution in [-0.4, -0.2) is 37.9 Å². The molecule has 0 spiro atoms. The van der Waals surface area contributed by atoms with Gasteiger partial charge in [-0.25, -0.2) is 0 Å². The molecule has 4 nitrogen and oxygen atoms in total. The molecular weight excluding hydrogens is 250 g/mol. The Balaban J connectivity index is 0. The molecule has 14 heavy (non-hydrogen) atoms. The Hall–Kier alpha value is 0.320. The Labute approximate surface area is 96.7 Å². The Morgan fingerprint density at radius 1 is 1.07 bits per heavy atom. The normalized spacial score (nSPS) is 17.4. The van der Waals surface area contributed by atoms with Gasteiger partial charge in [-0.1, -0.05) is 13.8 Å². The van der Waals surface area contributed by atoms with E-state index in [2.05, 4.69) is 0 Å². The first-order valence-electron chi connectivity index (χ1n) is 4.61. The van der Waals surface area contributed by atoms with Crippen LogP contribution in [0.15, 0.2) is 0 Å². The summed E-state index contributed by atoms with van der Waals surface area (Å²) in [5.74, 6) is 0.210. The average Bonchev–Trinajstić information content (AvgIpc) is 2.12. The molecule has 3 atom stereocenters. The van der Waals surface area contributed by atoms with Crippen LogP contribution in [-0.2, 0) is 9.47 Å². The number of ether oxygens (including phenoxy) is 2. The fraction of sp³-hybridized carbons (Fsp3) is 1.00. The zero-order valence-electron chi connectivity index (χ0n) is 9.53. The van der Waals surface area contributed by atoms with Crippen LogP contribution in [0.1, 0.15) is 20.8 Å². The molecule has 5 heteroatoms. The van der Waals surface area contributed by atoms with Crippen LogP contribution in [0.5, 0.6) is 0 Å². The first-order valence-corrected chi connectivity index (χ1v) is 4.61. The second-order valence-corrected chi connectivity index (χ2v) is 3.57. The second-order valence-electron chi connectivity index (χ2n) is 3.57. The number of hydrogen-bond acceptors (Lipinski definition) is 3. The summed E-state index contributed by atoms with van der Waals surface area (Å²) in [5, 5.41) is 11.4. The summed E-state index contributed by atoms with van der Waals surface area (Å²) in [5.41, 5.74) is 0. The Morgan fingerprint density at radius 2 is 1.57 bits per heavy atom. The van der Waals surface area contributed by atoms with E-state index in [0.717, 1.165) is 0 Å². The van der Waals surface area contributed by atoms with Gasteiger partial charge in [0.15, 0.2) is 6.23 Å². The third-order valence-electron chi connectivity index (χ3n) is 2.18. The molecular formula is C9H22BrNO3. The van der Waals surface area contributed by atoms with Gasteiger partial charge >= 0.3 is 0 Å². The van der Waals surface area contributed by atoms with Crippen molar-refractivity contribution in [3.8, 4) is 0 Å². The van der Waals surface area contributed by atoms with Crippen molar-refractivity contribution in [1.29, 1.82) is 0 Å². The molecule has 0 fully saturated rings. The third kappa shape index (κ3) is 5.93. The van der Waals surface area contributed by atoms with Gasteiger partial charge in [0.1, 0.15) is 6.10 Å². The summed E-state index contributed by atoms with van der Waals surface area (Å²) < 4.78 is 10.3. The molecule has 0 aromatic heterocycles. The highest BCUT2D eigenvalue weighted by atomic mass is 79.9. The van der Waals surface area contributed by atoms with Crippen LogP contribution in [0, 0.1) is 5.92 Å². The maximum Gasteiger partial charge on any atom is 0.218 e. The standard InChI is InChI=1S/C9H21NO3.BrH/c1-6(2)8(11)10-9(13-5)7(3)12-4;/h6-11H,1-5H3;1H. The van der Waals surface area contributed by atoms with Gasteiger partial charge in [-0.2, -0.15) is 0 Å². The lowest BCUT2D eigenvalue weighted by Gasteiger charge is -2.23. The van der Waals surface area contributed by atoms with Crippen LogP contribution in [0.25, 0.3) is 0 Å². The molecule has 0 aliphatic heterocycles. The van der Waals surface area contributed by atoms with E-state index in [9.17, 15) is 5.11 Å². The Bertz CT molecular complexity index is 135. The van der Waals surface area contributed by atoms with Crippen molar-refractivity contribution < 1.29 is 36.9 Å². The van der Waals surface area contributed by atoms with Gasteiger partial charge in [-0.05, 0) is 6.92 Å². The molecule has 3 N–H and O–H groups in total. The van der Waals surface area contributed by atoms with Crippen LogP contribution in [0.2, 0.25) is 0 Å². The lowest BCUT2D eigenvalue weighted by atomic mass is 10.2. The predicted octanol–water partition coefficient (Wildman–Crippen LogP) is -3.46. The van der Waals surface area contributed by atoms with Gasteiger partial charge in [0.2, 0.25) is 6.23 Å². The van der Waals surface area contributed by atoms with E-state index in [-0.39, 0.29) is 35.2 Å². The number of halogens is 1. The summed E-state index contributed by atoms with van der Waals surface area (Å²) in [6.45, 7) is 5.84. The molecule has 88 valence electrons. The number of nitrogens with two attached hydrogens (primary N) is 1. The van der Waals surface area contributed by atoms with E-state index in [1.165, 1.54) is 0 Å². The smallest absolute Gasteiger partial charge is 0.218 e. The van der Waals surface area contributed by atoms with E-state index in [1.807, 2.05) is 20.8 Å². The van der Waals surface area contributed by atoms with E-state index in [1.54, 1.807) is 19.5 Å². The van der Waals surface area contributed by atoms with Crippen molar-refractivity contribution in [2.45, 2.75) is 39.3 Å². The van der Waals surface area contributed by atoms with Crippen molar-refractivity contribution >= 4 is 0 Å². The quantitative estimate of drug-likeness (QED) is 0.494. The zero-order valence-corrected chi connectivity index (χ0v) is 11.1. The highest BCUT2D eigenvalue weighted by Gasteiger charge is 2.24. The molecule has 0 saturated carbocycles. The highest BCUT2D eigenvalue weighted by molar-refractivity contribution is 4.52. The van der Waals surface area contributed by atoms with Crippen LogP contribution in [0.4, 0.5) is 0 Å². The van der Waals surface area contributed by atoms with Gasteiger partial charge in [0.05, 0.1) is 0 Å². The Morgan fingerprint density at radius 3 is 1.86 bits per heavy atom. The van der Waals surface area contributed by atoms with Crippen molar-refractivity contribution in [2.24, 2.45) is 5.92 Å². The SMILES string of the molecule is COC(C)C([NH2+]C(O)C(C)C)OC.[Br-]. The monoisotopic (exact) mass is 271 g/mol. The number of methoxy groups -OCH3 is 2. The lowest BCUT2D eigenvalue weighted by molar-refractivity contribution is -0.793. The first kappa shape index (κ1) is 16.7. The zero-order chi connectivity index (χ0) is 10.4. The number of quaternary nitrogens is 1. The van der Waals surface area contributed by atoms with Crippen molar-refractivity contribution in [2.75, 3.05) is 14.2 Å². The molecule has 0 saturated heterocycles. The largest absolute Gasteiger partial charge is 1.00 e. The Kier molecular flexibility index (Phi) is 10.3. The maximum atomic E-state index is 9.58. The third-order valence-corrected chi connectivity index (χ3v) is 2.18. The van der Waals surface area contributed by atoms with Gasteiger partial charge in [-0.15, -0.1) is 0 Å². The van der Waals surface area contributed by atoms with E-state index >= 15 is 0 Å². The molecule has 0 radical (unpaired) electrons. The molecule has 0 rings (SSSR count). The number of aliphatic hydroxyl groups is 1. The maximum absolute atomic E-state index is 9.58. The summed E-state index contributed by atoms with van der Waals surface area (Å²) in [7, 11) is 3.25. The van der Waals surface area contributed by atoms with Crippen molar-refractivity contribution in [3.63, 3.8) is 0 Å². The topological polar surface area (TPSA) is 55.3 Å². The van der Waals surface area contributed by atoms with Gasteiger partial charge in [0, 0.05) is 20.1 Å². The predicted molar refractivity (Wildman–Crippen MR) is 50.0 cm³/mol. The molecule has 0 bridgehead atoms. The average molecular weight is 272 g/mol. The first-order chi connectivity index (χ1) is 6.02. The molecule has 0 aliphatic carbocycles. The van der Waals surface area contributed by atoms with E-state index < -0.39 is 6.23 Å². The summed E-state index contributed by atoms with van der Waals surface area (Å²) in [6.07, 6.45) is -0.622. The minimum atomic E-state index is -0.442. The number of hydrogen-bond donors (Lipinski definition) is 2. The van der Waals surface area contributed by atoms with Gasteiger partial charge in [-0.3, -0.25) is 5.32 Å². The number of aliphatic hydroxyl groups excluding tert-OH is 1. The molecule has 0 aliphatic rings. The fourth-order valence-electron chi connectivity index (χ4n) is 0.977. The molecule has 3 unspecified atom stereocenters. The minimum Gasteiger partial charge on any atom is -1.00 e. The minimum absolute atomic E-state index is 0. The molecule has 0 aromatic carbocycles.